The molecule has 1 unspecified atom stereocenters. The second-order valence-electron chi connectivity index (χ2n) is 5.63. The Morgan fingerprint density at radius 3 is 2.90 bits per heavy atom. The molecule has 0 bridgehead atoms. The van der Waals surface area contributed by atoms with Crippen LogP contribution < -0.4 is 10.6 Å². The average Bonchev–Trinajstić information content (AvgIpc) is 2.96. The highest BCUT2D eigenvalue weighted by atomic mass is 32.1. The van der Waals surface area contributed by atoms with Gasteiger partial charge in [-0.05, 0) is 31.8 Å². The molecule has 0 aliphatic carbocycles. The van der Waals surface area contributed by atoms with Gasteiger partial charge < -0.3 is 20.6 Å². The molecule has 2 heterocycles. The number of thiazole rings is 1. The van der Waals surface area contributed by atoms with Crippen LogP contribution in [0.15, 0.2) is 6.20 Å². The van der Waals surface area contributed by atoms with Crippen molar-refractivity contribution >= 4 is 22.4 Å². The van der Waals surface area contributed by atoms with E-state index in [0.29, 0.717) is 16.6 Å². The largest absolute Gasteiger partial charge is 0.390 e. The van der Waals surface area contributed by atoms with Crippen molar-refractivity contribution in [2.24, 2.45) is 5.92 Å². The van der Waals surface area contributed by atoms with Crippen molar-refractivity contribution in [1.82, 2.24) is 15.2 Å². The lowest BCUT2D eigenvalue weighted by molar-refractivity contribution is 0.0797. The summed E-state index contributed by atoms with van der Waals surface area (Å²) in [4.78, 5) is 18.8. The molecule has 1 aromatic rings. The molecular formula is C14H24N4O2S. The van der Waals surface area contributed by atoms with Gasteiger partial charge in [0, 0.05) is 20.1 Å². The Kier molecular flexibility index (Phi) is 5.96. The summed E-state index contributed by atoms with van der Waals surface area (Å²) in [6.07, 6.45) is 3.39. The standard InChI is InChI=1S/C14H24N4O2S/c1-10-3-5-18(6-4-10)9-11(19)7-16-13(20)12-8-17-14(15-2)21-12/h8,10-11,19H,3-7,9H2,1-2H3,(H,15,17)(H,16,20). The molecule has 6 nitrogen and oxygen atoms in total. The van der Waals surface area contributed by atoms with Gasteiger partial charge in [-0.1, -0.05) is 18.3 Å². The number of β-amino-alcohol motifs (C(OH)–C–C–N with tert-alkyl or cyclic N) is 1. The summed E-state index contributed by atoms with van der Waals surface area (Å²) in [5.74, 6) is 0.603. The maximum atomic E-state index is 11.9. The molecule has 2 rings (SSSR count). The summed E-state index contributed by atoms with van der Waals surface area (Å²) in [6.45, 7) is 5.23. The number of amides is 1. The maximum absolute atomic E-state index is 11.9. The van der Waals surface area contributed by atoms with Crippen molar-refractivity contribution in [2.75, 3.05) is 38.5 Å². The molecule has 3 N–H and O–H groups in total. The Morgan fingerprint density at radius 2 is 2.29 bits per heavy atom. The van der Waals surface area contributed by atoms with Crippen LogP contribution in [-0.2, 0) is 0 Å². The second-order valence-corrected chi connectivity index (χ2v) is 6.66. The molecule has 21 heavy (non-hydrogen) atoms. The molecule has 0 radical (unpaired) electrons. The smallest absolute Gasteiger partial charge is 0.263 e. The van der Waals surface area contributed by atoms with Gasteiger partial charge in [0.15, 0.2) is 5.13 Å². The van der Waals surface area contributed by atoms with Crippen molar-refractivity contribution in [2.45, 2.75) is 25.9 Å². The summed E-state index contributed by atoms with van der Waals surface area (Å²) in [7, 11) is 1.77. The predicted octanol–water partition coefficient (Wildman–Crippen LogP) is 1.01. The number of hydrogen-bond donors (Lipinski definition) is 3. The number of aromatic nitrogens is 1. The number of piperidine rings is 1. The first-order chi connectivity index (χ1) is 10.1. The molecule has 1 aromatic heterocycles. The van der Waals surface area contributed by atoms with Crippen molar-refractivity contribution in [3.8, 4) is 0 Å². The molecule has 1 aliphatic heterocycles. The fourth-order valence-corrected chi connectivity index (χ4v) is 3.09. The van der Waals surface area contributed by atoms with E-state index in [1.54, 1.807) is 13.2 Å². The number of anilines is 1. The van der Waals surface area contributed by atoms with Crippen molar-refractivity contribution < 1.29 is 9.90 Å². The highest BCUT2D eigenvalue weighted by molar-refractivity contribution is 7.17. The Bertz CT molecular complexity index is 458. The van der Waals surface area contributed by atoms with Gasteiger partial charge in [0.05, 0.1) is 12.3 Å². The van der Waals surface area contributed by atoms with Gasteiger partial charge in [0.1, 0.15) is 4.88 Å². The number of carbonyl (C=O) groups is 1. The maximum Gasteiger partial charge on any atom is 0.263 e. The number of aliphatic hydroxyl groups excluding tert-OH is 1. The predicted molar refractivity (Wildman–Crippen MR) is 84.8 cm³/mol. The van der Waals surface area contributed by atoms with E-state index in [1.165, 1.54) is 24.2 Å². The SMILES string of the molecule is CNc1ncc(C(=O)NCC(O)CN2CCC(C)CC2)s1. The minimum Gasteiger partial charge on any atom is -0.390 e. The van der Waals surface area contributed by atoms with Crippen LogP contribution in [0.2, 0.25) is 0 Å². The van der Waals surface area contributed by atoms with E-state index >= 15 is 0 Å². The topological polar surface area (TPSA) is 77.5 Å². The zero-order chi connectivity index (χ0) is 15.2. The molecule has 7 heteroatoms. The first-order valence-electron chi connectivity index (χ1n) is 7.40. The Balaban J connectivity index is 1.70. The molecule has 1 atom stereocenters. The number of likely N-dealkylation sites (tertiary alicyclic amines) is 1. The van der Waals surface area contributed by atoms with Gasteiger partial charge in [0.25, 0.3) is 5.91 Å². The van der Waals surface area contributed by atoms with Crippen LogP contribution in [0.3, 0.4) is 0 Å². The summed E-state index contributed by atoms with van der Waals surface area (Å²) in [5.41, 5.74) is 0. The highest BCUT2D eigenvalue weighted by Gasteiger charge is 2.19. The zero-order valence-electron chi connectivity index (χ0n) is 12.6. The van der Waals surface area contributed by atoms with E-state index < -0.39 is 6.10 Å². The third-order valence-corrected chi connectivity index (χ3v) is 4.80. The molecule has 1 aliphatic rings. The van der Waals surface area contributed by atoms with Gasteiger partial charge in [-0.15, -0.1) is 0 Å². The number of nitrogens with zero attached hydrogens (tertiary/aromatic N) is 2. The van der Waals surface area contributed by atoms with Gasteiger partial charge >= 0.3 is 0 Å². The van der Waals surface area contributed by atoms with Crippen LogP contribution in [0.25, 0.3) is 0 Å². The van der Waals surface area contributed by atoms with Crippen LogP contribution in [-0.4, -0.2) is 60.2 Å². The molecule has 1 saturated heterocycles. The summed E-state index contributed by atoms with van der Waals surface area (Å²) < 4.78 is 0. The van der Waals surface area contributed by atoms with Crippen LogP contribution in [0.1, 0.15) is 29.4 Å². The van der Waals surface area contributed by atoms with Crippen molar-refractivity contribution in [1.29, 1.82) is 0 Å². The van der Waals surface area contributed by atoms with Gasteiger partial charge in [-0.25, -0.2) is 4.98 Å². The van der Waals surface area contributed by atoms with Gasteiger partial charge in [-0.2, -0.15) is 0 Å². The number of hydrogen-bond acceptors (Lipinski definition) is 6. The van der Waals surface area contributed by atoms with E-state index in [-0.39, 0.29) is 12.5 Å². The van der Waals surface area contributed by atoms with Crippen molar-refractivity contribution in [3.05, 3.63) is 11.1 Å². The fourth-order valence-electron chi connectivity index (χ4n) is 2.40. The van der Waals surface area contributed by atoms with E-state index in [9.17, 15) is 9.90 Å². The molecule has 1 amide bonds. The molecule has 0 saturated carbocycles. The molecule has 1 fully saturated rings. The number of rotatable bonds is 6. The van der Waals surface area contributed by atoms with Gasteiger partial charge in [-0.3, -0.25) is 4.79 Å². The van der Waals surface area contributed by atoms with Gasteiger partial charge in [0.2, 0.25) is 0 Å². The van der Waals surface area contributed by atoms with E-state index in [0.717, 1.165) is 19.0 Å². The van der Waals surface area contributed by atoms with Crippen LogP contribution in [0, 0.1) is 5.92 Å². The monoisotopic (exact) mass is 312 g/mol. The highest BCUT2D eigenvalue weighted by Crippen LogP contribution is 2.17. The third kappa shape index (κ3) is 4.94. The molecular weight excluding hydrogens is 288 g/mol. The Hall–Kier alpha value is -1.18. The van der Waals surface area contributed by atoms with E-state index in [1.807, 2.05) is 0 Å². The minimum absolute atomic E-state index is 0.180. The Labute approximate surface area is 129 Å². The number of aliphatic hydroxyl groups is 1. The van der Waals surface area contributed by atoms with Crippen LogP contribution >= 0.6 is 11.3 Å². The first kappa shape index (κ1) is 16.2. The molecule has 0 spiro atoms. The summed E-state index contributed by atoms with van der Waals surface area (Å²) >= 11 is 1.30. The lowest BCUT2D eigenvalue weighted by Gasteiger charge is -2.31. The zero-order valence-corrected chi connectivity index (χ0v) is 13.4. The lowest BCUT2D eigenvalue weighted by atomic mass is 9.99. The lowest BCUT2D eigenvalue weighted by Crippen LogP contribution is -2.42. The fraction of sp³-hybridized carbons (Fsp3) is 0.714. The van der Waals surface area contributed by atoms with Crippen molar-refractivity contribution in [3.63, 3.8) is 0 Å². The Morgan fingerprint density at radius 1 is 1.57 bits per heavy atom. The van der Waals surface area contributed by atoms with E-state index in [2.05, 4.69) is 27.4 Å². The van der Waals surface area contributed by atoms with Crippen LogP contribution in [0.5, 0.6) is 0 Å². The molecule has 0 aromatic carbocycles. The third-order valence-electron chi connectivity index (χ3n) is 3.79. The molecule has 118 valence electrons. The van der Waals surface area contributed by atoms with Crippen LogP contribution in [0.4, 0.5) is 5.13 Å². The summed E-state index contributed by atoms with van der Waals surface area (Å²) in [6, 6.07) is 0. The summed E-state index contributed by atoms with van der Waals surface area (Å²) in [5, 5.41) is 16.4. The first-order valence-corrected chi connectivity index (χ1v) is 8.22. The average molecular weight is 312 g/mol. The normalized spacial score (nSPS) is 18.4. The number of nitrogens with one attached hydrogen (secondary N) is 2. The van der Waals surface area contributed by atoms with E-state index in [4.69, 9.17) is 0 Å². The minimum atomic E-state index is -0.529. The second kappa shape index (κ2) is 7.72. The number of carbonyl (C=O) groups excluding carboxylic acids is 1. The quantitative estimate of drug-likeness (QED) is 0.731.